The fraction of sp³-hybridized carbons (Fsp3) is 0.526. The Morgan fingerprint density at radius 3 is 2.29 bits per heavy atom. The van der Waals surface area contributed by atoms with Gasteiger partial charge < -0.3 is 29.6 Å². The summed E-state index contributed by atoms with van der Waals surface area (Å²) in [6.07, 6.45) is -0.685. The molecule has 0 saturated heterocycles. The molecule has 0 spiro atoms. The number of amides is 2. The van der Waals surface area contributed by atoms with Crippen LogP contribution in [0.5, 0.6) is 11.5 Å². The number of carbonyl (C=O) groups excluding carboxylic acids is 3. The predicted octanol–water partition coefficient (Wildman–Crippen LogP) is 1.78. The molecule has 0 fully saturated rings. The highest BCUT2D eigenvalue weighted by molar-refractivity contribution is 5.80. The molecule has 9 nitrogen and oxygen atoms in total. The van der Waals surface area contributed by atoms with E-state index in [0.29, 0.717) is 11.5 Å². The molecule has 1 aromatic rings. The van der Waals surface area contributed by atoms with Crippen LogP contribution in [0, 0.1) is 0 Å². The van der Waals surface area contributed by atoms with Crippen LogP contribution in [0.2, 0.25) is 0 Å². The van der Waals surface area contributed by atoms with Crippen molar-refractivity contribution < 1.29 is 33.3 Å². The first kappa shape index (κ1) is 23.1. The number of methoxy groups -OCH3 is 2. The second kappa shape index (κ2) is 11.0. The highest BCUT2D eigenvalue weighted by atomic mass is 16.6. The molecule has 0 aromatic heterocycles. The van der Waals surface area contributed by atoms with Crippen LogP contribution in [0.25, 0.3) is 0 Å². The van der Waals surface area contributed by atoms with Crippen molar-refractivity contribution in [2.75, 3.05) is 27.4 Å². The van der Waals surface area contributed by atoms with Crippen LogP contribution in [0.4, 0.5) is 4.79 Å². The minimum atomic E-state index is -0.618. The standard InChI is InChI=1S/C19H28N2O7/c1-19(2,3)28-18(24)20-9-8-17(23)27-12-16(22)21-11-13-6-7-14(25-4)15(10-13)26-5/h6-7,10H,8-9,11-12H2,1-5H3,(H,20,24)(H,21,22). The summed E-state index contributed by atoms with van der Waals surface area (Å²) >= 11 is 0. The first-order valence-corrected chi connectivity index (χ1v) is 8.74. The van der Waals surface area contributed by atoms with E-state index in [1.165, 1.54) is 14.2 Å². The molecular formula is C19H28N2O7. The largest absolute Gasteiger partial charge is 0.493 e. The number of esters is 1. The van der Waals surface area contributed by atoms with E-state index in [4.69, 9.17) is 18.9 Å². The Balaban J connectivity index is 2.27. The average molecular weight is 396 g/mol. The molecule has 2 N–H and O–H groups in total. The van der Waals surface area contributed by atoms with E-state index in [2.05, 4.69) is 10.6 Å². The van der Waals surface area contributed by atoms with Crippen LogP contribution in [-0.2, 0) is 25.6 Å². The van der Waals surface area contributed by atoms with Gasteiger partial charge in [0.2, 0.25) is 0 Å². The van der Waals surface area contributed by atoms with Gasteiger partial charge in [-0.25, -0.2) is 4.79 Å². The molecule has 0 aliphatic rings. The van der Waals surface area contributed by atoms with E-state index in [1.54, 1.807) is 39.0 Å². The third kappa shape index (κ3) is 9.11. The van der Waals surface area contributed by atoms with E-state index in [9.17, 15) is 14.4 Å². The molecule has 0 aliphatic carbocycles. The van der Waals surface area contributed by atoms with Crippen molar-refractivity contribution in [3.63, 3.8) is 0 Å². The van der Waals surface area contributed by atoms with Crippen molar-refractivity contribution in [3.8, 4) is 11.5 Å². The highest BCUT2D eigenvalue weighted by Crippen LogP contribution is 2.27. The Labute approximate surface area is 164 Å². The van der Waals surface area contributed by atoms with Gasteiger partial charge in [0.25, 0.3) is 5.91 Å². The Morgan fingerprint density at radius 1 is 1.00 bits per heavy atom. The number of nitrogens with one attached hydrogen (secondary N) is 2. The van der Waals surface area contributed by atoms with Crippen LogP contribution < -0.4 is 20.1 Å². The van der Waals surface area contributed by atoms with Crippen molar-refractivity contribution in [2.45, 2.75) is 39.3 Å². The molecule has 0 aliphatic heterocycles. The van der Waals surface area contributed by atoms with Crippen LogP contribution in [0.1, 0.15) is 32.8 Å². The number of hydrogen-bond acceptors (Lipinski definition) is 7. The third-order valence-electron chi connectivity index (χ3n) is 3.30. The number of alkyl carbamates (subject to hydrolysis) is 1. The molecule has 2 amide bonds. The SMILES string of the molecule is COc1ccc(CNC(=O)COC(=O)CCNC(=O)OC(C)(C)C)cc1OC. The number of ether oxygens (including phenoxy) is 4. The van der Waals surface area contributed by atoms with Crippen LogP contribution in [0.15, 0.2) is 18.2 Å². The molecule has 0 heterocycles. The molecule has 1 rings (SSSR count). The number of benzene rings is 1. The van der Waals surface area contributed by atoms with Crippen LogP contribution >= 0.6 is 0 Å². The number of rotatable bonds is 9. The zero-order valence-corrected chi connectivity index (χ0v) is 16.9. The Morgan fingerprint density at radius 2 is 1.68 bits per heavy atom. The zero-order valence-electron chi connectivity index (χ0n) is 16.9. The zero-order chi connectivity index (χ0) is 21.2. The summed E-state index contributed by atoms with van der Waals surface area (Å²) in [7, 11) is 3.06. The van der Waals surface area contributed by atoms with E-state index in [1.807, 2.05) is 0 Å². The Bertz CT molecular complexity index is 683. The number of hydrogen-bond donors (Lipinski definition) is 2. The summed E-state index contributed by atoms with van der Waals surface area (Å²) < 4.78 is 20.3. The first-order valence-electron chi connectivity index (χ1n) is 8.74. The monoisotopic (exact) mass is 396 g/mol. The molecule has 0 unspecified atom stereocenters. The minimum Gasteiger partial charge on any atom is -0.493 e. The molecule has 28 heavy (non-hydrogen) atoms. The lowest BCUT2D eigenvalue weighted by Gasteiger charge is -2.19. The van der Waals surface area contributed by atoms with Gasteiger partial charge in [0, 0.05) is 13.1 Å². The van der Waals surface area contributed by atoms with Crippen molar-refractivity contribution in [1.82, 2.24) is 10.6 Å². The molecule has 0 radical (unpaired) electrons. The number of carbonyl (C=O) groups is 3. The Hall–Kier alpha value is -2.97. The average Bonchev–Trinajstić information content (AvgIpc) is 2.62. The van der Waals surface area contributed by atoms with Crippen molar-refractivity contribution >= 4 is 18.0 Å². The second-order valence-corrected chi connectivity index (χ2v) is 6.81. The van der Waals surface area contributed by atoms with Gasteiger partial charge in [-0.3, -0.25) is 9.59 Å². The van der Waals surface area contributed by atoms with Gasteiger partial charge in [-0.15, -0.1) is 0 Å². The predicted molar refractivity (Wildman–Crippen MR) is 101 cm³/mol. The van der Waals surface area contributed by atoms with Crippen LogP contribution in [0.3, 0.4) is 0 Å². The highest BCUT2D eigenvalue weighted by Gasteiger charge is 2.16. The van der Waals surface area contributed by atoms with E-state index in [0.717, 1.165) is 5.56 Å². The molecule has 0 saturated carbocycles. The first-order chi connectivity index (χ1) is 13.1. The quantitative estimate of drug-likeness (QED) is 0.612. The van der Waals surface area contributed by atoms with Crippen molar-refractivity contribution in [2.24, 2.45) is 0 Å². The maximum atomic E-state index is 11.8. The summed E-state index contributed by atoms with van der Waals surface area (Å²) in [5.74, 6) is 0.102. The smallest absolute Gasteiger partial charge is 0.407 e. The summed E-state index contributed by atoms with van der Waals surface area (Å²) in [4.78, 5) is 34.9. The topological polar surface area (TPSA) is 112 Å². The van der Waals surface area contributed by atoms with Gasteiger partial charge in [-0.05, 0) is 38.5 Å². The molecule has 0 atom stereocenters. The summed E-state index contributed by atoms with van der Waals surface area (Å²) in [5, 5.41) is 5.08. The lowest BCUT2D eigenvalue weighted by Crippen LogP contribution is -2.34. The van der Waals surface area contributed by atoms with Crippen molar-refractivity contribution in [1.29, 1.82) is 0 Å². The molecular weight excluding hydrogens is 368 g/mol. The second-order valence-electron chi connectivity index (χ2n) is 6.81. The molecule has 156 valence electrons. The van der Waals surface area contributed by atoms with Gasteiger partial charge in [-0.2, -0.15) is 0 Å². The molecule has 9 heteroatoms. The van der Waals surface area contributed by atoms with Gasteiger partial charge in [0.15, 0.2) is 18.1 Å². The van der Waals surface area contributed by atoms with Crippen molar-refractivity contribution in [3.05, 3.63) is 23.8 Å². The van der Waals surface area contributed by atoms with Gasteiger partial charge >= 0.3 is 12.1 Å². The summed E-state index contributed by atoms with van der Waals surface area (Å²) in [6, 6.07) is 5.27. The van der Waals surface area contributed by atoms with Crippen LogP contribution in [-0.4, -0.2) is 50.9 Å². The maximum Gasteiger partial charge on any atom is 0.407 e. The van der Waals surface area contributed by atoms with E-state index >= 15 is 0 Å². The minimum absolute atomic E-state index is 0.0566. The molecule has 1 aromatic carbocycles. The maximum absolute atomic E-state index is 11.8. The fourth-order valence-corrected chi connectivity index (χ4v) is 2.04. The fourth-order valence-electron chi connectivity index (χ4n) is 2.04. The summed E-state index contributed by atoms with van der Waals surface area (Å²) in [5.41, 5.74) is 0.190. The molecule has 0 bridgehead atoms. The Kier molecular flexibility index (Phi) is 9.07. The lowest BCUT2D eigenvalue weighted by molar-refractivity contribution is -0.148. The van der Waals surface area contributed by atoms with Gasteiger partial charge in [-0.1, -0.05) is 6.07 Å². The van der Waals surface area contributed by atoms with Gasteiger partial charge in [0.05, 0.1) is 20.6 Å². The van der Waals surface area contributed by atoms with E-state index < -0.39 is 30.2 Å². The van der Waals surface area contributed by atoms with E-state index in [-0.39, 0.29) is 19.5 Å². The lowest BCUT2D eigenvalue weighted by atomic mass is 10.2. The third-order valence-corrected chi connectivity index (χ3v) is 3.30. The van der Waals surface area contributed by atoms with Gasteiger partial charge in [0.1, 0.15) is 5.60 Å². The summed E-state index contributed by atoms with van der Waals surface area (Å²) in [6.45, 7) is 5.11. The normalized spacial score (nSPS) is 10.6.